The molecule has 0 radical (unpaired) electrons. The van der Waals surface area contributed by atoms with Gasteiger partial charge in [0.05, 0.1) is 11.0 Å². The molecule has 0 amide bonds. The van der Waals surface area contributed by atoms with Gasteiger partial charge in [-0.3, -0.25) is 4.79 Å². The Balaban J connectivity index is 1.54. The molecule has 130 valence electrons. The molecular formula is C21H24N2O2. The fourth-order valence-corrected chi connectivity index (χ4v) is 3.04. The number of benzene rings is 2. The van der Waals surface area contributed by atoms with Crippen LogP contribution in [0.15, 0.2) is 48.5 Å². The van der Waals surface area contributed by atoms with E-state index >= 15 is 0 Å². The van der Waals surface area contributed by atoms with Gasteiger partial charge in [-0.1, -0.05) is 49.2 Å². The normalized spacial score (nSPS) is 11.1. The zero-order valence-electron chi connectivity index (χ0n) is 14.4. The summed E-state index contributed by atoms with van der Waals surface area (Å²) in [5, 5.41) is 8.69. The molecule has 2 N–H and O–H groups in total. The minimum Gasteiger partial charge on any atom is -0.389 e. The lowest BCUT2D eigenvalue weighted by molar-refractivity contribution is -0.121. The van der Waals surface area contributed by atoms with Gasteiger partial charge in [0.25, 0.3) is 0 Å². The van der Waals surface area contributed by atoms with E-state index in [1.54, 1.807) is 0 Å². The van der Waals surface area contributed by atoms with E-state index in [1.165, 1.54) is 11.1 Å². The van der Waals surface area contributed by atoms with Gasteiger partial charge >= 0.3 is 0 Å². The minimum atomic E-state index is -0.329. The number of aryl methyl sites for hydroxylation is 1. The van der Waals surface area contributed by atoms with E-state index in [1.807, 2.05) is 18.2 Å². The van der Waals surface area contributed by atoms with Gasteiger partial charge < -0.3 is 10.1 Å². The van der Waals surface area contributed by atoms with Crippen molar-refractivity contribution >= 4 is 16.8 Å². The lowest BCUT2D eigenvalue weighted by atomic mass is 10.1. The number of hydrogen-bond donors (Lipinski definition) is 2. The molecule has 0 unspecified atom stereocenters. The van der Waals surface area contributed by atoms with Crippen LogP contribution >= 0.6 is 0 Å². The Morgan fingerprint density at radius 2 is 1.76 bits per heavy atom. The molecule has 0 atom stereocenters. The van der Waals surface area contributed by atoms with E-state index < -0.39 is 0 Å². The van der Waals surface area contributed by atoms with Crippen molar-refractivity contribution in [2.24, 2.45) is 0 Å². The summed E-state index contributed by atoms with van der Waals surface area (Å²) in [6, 6.07) is 16.7. The van der Waals surface area contributed by atoms with Crippen LogP contribution in [0.3, 0.4) is 0 Å². The number of fused-ring (bicyclic) bond motifs is 1. The van der Waals surface area contributed by atoms with Crippen LogP contribution in [0.2, 0.25) is 0 Å². The number of hydrogen-bond acceptors (Lipinski definition) is 3. The number of imidazole rings is 1. The molecule has 1 aromatic heterocycles. The highest BCUT2D eigenvalue weighted by molar-refractivity contribution is 5.82. The lowest BCUT2D eigenvalue weighted by Gasteiger charge is -2.00. The van der Waals surface area contributed by atoms with E-state index in [-0.39, 0.29) is 12.4 Å². The number of carbonyl (C=O) groups is 1. The monoisotopic (exact) mass is 336 g/mol. The number of aliphatic hydroxyl groups excluding tert-OH is 1. The third kappa shape index (κ3) is 4.77. The van der Waals surface area contributed by atoms with Gasteiger partial charge in [0, 0.05) is 12.8 Å². The number of Topliss-reactive ketones (excluding diaryl/α,β-unsaturated/α-hetero) is 1. The third-order valence-corrected chi connectivity index (χ3v) is 4.43. The summed E-state index contributed by atoms with van der Waals surface area (Å²) < 4.78 is 0. The number of aromatic amines is 1. The Kier molecular flexibility index (Phi) is 5.96. The summed E-state index contributed by atoms with van der Waals surface area (Å²) in [7, 11) is 0. The highest BCUT2D eigenvalue weighted by atomic mass is 16.3. The number of aromatic nitrogens is 2. The molecule has 3 aromatic rings. The van der Waals surface area contributed by atoms with Crippen molar-refractivity contribution in [3.8, 4) is 11.1 Å². The molecule has 3 rings (SSSR count). The fourth-order valence-electron chi connectivity index (χ4n) is 3.04. The van der Waals surface area contributed by atoms with Crippen molar-refractivity contribution in [2.45, 2.75) is 38.5 Å². The zero-order chi connectivity index (χ0) is 17.5. The highest BCUT2D eigenvalue weighted by Gasteiger charge is 2.05. The quantitative estimate of drug-likeness (QED) is 0.573. The predicted molar refractivity (Wildman–Crippen MR) is 100 cm³/mol. The first-order chi connectivity index (χ1) is 12.3. The Labute approximate surface area is 147 Å². The molecule has 4 heteroatoms. The summed E-state index contributed by atoms with van der Waals surface area (Å²) in [5.41, 5.74) is 4.47. The van der Waals surface area contributed by atoms with Crippen molar-refractivity contribution in [3.63, 3.8) is 0 Å². The number of H-pyrrole nitrogens is 1. The SMILES string of the molecule is O=C(CO)CCCCCCc1nc2ccc(-c3ccccc3)cc2[nH]1. The number of nitrogens with zero attached hydrogens (tertiary/aromatic N) is 1. The van der Waals surface area contributed by atoms with Gasteiger partial charge in [0.15, 0.2) is 5.78 Å². The molecule has 0 aliphatic carbocycles. The van der Waals surface area contributed by atoms with Gasteiger partial charge in [-0.2, -0.15) is 0 Å². The van der Waals surface area contributed by atoms with E-state index in [4.69, 9.17) is 5.11 Å². The maximum Gasteiger partial charge on any atom is 0.158 e. The van der Waals surface area contributed by atoms with Crippen molar-refractivity contribution in [1.29, 1.82) is 0 Å². The minimum absolute atomic E-state index is 0.0634. The average Bonchev–Trinajstić information content (AvgIpc) is 3.06. The first kappa shape index (κ1) is 17.4. The smallest absolute Gasteiger partial charge is 0.158 e. The van der Waals surface area contributed by atoms with Gasteiger partial charge in [-0.25, -0.2) is 4.98 Å². The second-order valence-corrected chi connectivity index (χ2v) is 6.39. The maximum absolute atomic E-state index is 11.0. The number of unbranched alkanes of at least 4 members (excludes halogenated alkanes) is 3. The molecule has 0 bridgehead atoms. The average molecular weight is 336 g/mol. The second-order valence-electron chi connectivity index (χ2n) is 6.39. The fraction of sp³-hybridized carbons (Fsp3) is 0.333. The van der Waals surface area contributed by atoms with Crippen LogP contribution in [0.25, 0.3) is 22.2 Å². The Bertz CT molecular complexity index is 824. The Morgan fingerprint density at radius 1 is 0.960 bits per heavy atom. The van der Waals surface area contributed by atoms with E-state index in [0.29, 0.717) is 6.42 Å². The number of aliphatic hydroxyl groups is 1. The van der Waals surface area contributed by atoms with Crippen molar-refractivity contribution in [1.82, 2.24) is 9.97 Å². The lowest BCUT2D eigenvalue weighted by Crippen LogP contribution is -2.02. The van der Waals surface area contributed by atoms with Crippen LogP contribution in [0.5, 0.6) is 0 Å². The van der Waals surface area contributed by atoms with Crippen LogP contribution in [-0.4, -0.2) is 27.5 Å². The molecule has 0 saturated carbocycles. The van der Waals surface area contributed by atoms with E-state index in [0.717, 1.165) is 49.0 Å². The summed E-state index contributed by atoms with van der Waals surface area (Å²) in [5.74, 6) is 0.957. The molecule has 1 heterocycles. The Morgan fingerprint density at radius 3 is 2.56 bits per heavy atom. The van der Waals surface area contributed by atoms with Crippen LogP contribution in [0.4, 0.5) is 0 Å². The molecule has 0 fully saturated rings. The van der Waals surface area contributed by atoms with Crippen LogP contribution in [-0.2, 0) is 11.2 Å². The molecule has 2 aromatic carbocycles. The Hall–Kier alpha value is -2.46. The number of rotatable bonds is 9. The molecule has 25 heavy (non-hydrogen) atoms. The van der Waals surface area contributed by atoms with Crippen LogP contribution in [0, 0.1) is 0 Å². The largest absolute Gasteiger partial charge is 0.389 e. The summed E-state index contributed by atoms with van der Waals surface area (Å²) in [6.07, 6.45) is 5.42. The molecular weight excluding hydrogens is 312 g/mol. The third-order valence-electron chi connectivity index (χ3n) is 4.43. The van der Waals surface area contributed by atoms with Crippen LogP contribution < -0.4 is 0 Å². The van der Waals surface area contributed by atoms with Gasteiger partial charge in [0.1, 0.15) is 12.4 Å². The molecule has 0 saturated heterocycles. The van der Waals surface area contributed by atoms with Gasteiger partial charge in [-0.05, 0) is 36.1 Å². The first-order valence-corrected chi connectivity index (χ1v) is 8.93. The second kappa shape index (κ2) is 8.58. The van der Waals surface area contributed by atoms with Gasteiger partial charge in [-0.15, -0.1) is 0 Å². The highest BCUT2D eigenvalue weighted by Crippen LogP contribution is 2.23. The maximum atomic E-state index is 11.0. The first-order valence-electron chi connectivity index (χ1n) is 8.93. The van der Waals surface area contributed by atoms with Crippen molar-refractivity contribution in [2.75, 3.05) is 6.61 Å². The molecule has 4 nitrogen and oxygen atoms in total. The summed E-state index contributed by atoms with van der Waals surface area (Å²) >= 11 is 0. The topological polar surface area (TPSA) is 66.0 Å². The summed E-state index contributed by atoms with van der Waals surface area (Å²) in [6.45, 7) is -0.329. The predicted octanol–water partition coefficient (Wildman–Crippen LogP) is 4.28. The number of ketones is 1. The van der Waals surface area contributed by atoms with Crippen LogP contribution in [0.1, 0.15) is 37.9 Å². The molecule has 0 aliphatic rings. The number of nitrogens with one attached hydrogen (secondary N) is 1. The zero-order valence-corrected chi connectivity index (χ0v) is 14.4. The van der Waals surface area contributed by atoms with Gasteiger partial charge in [0.2, 0.25) is 0 Å². The van der Waals surface area contributed by atoms with Crippen molar-refractivity contribution < 1.29 is 9.90 Å². The standard InChI is InChI=1S/C21H24N2O2/c24-15-18(25)10-6-1-2-7-11-21-22-19-13-12-17(14-20(19)23-21)16-8-4-3-5-9-16/h3-5,8-9,12-14,24H,1-2,6-7,10-11,15H2,(H,22,23). The molecule has 0 aliphatic heterocycles. The summed E-state index contributed by atoms with van der Waals surface area (Å²) in [4.78, 5) is 19.1. The molecule has 0 spiro atoms. The number of carbonyl (C=O) groups excluding carboxylic acids is 1. The van der Waals surface area contributed by atoms with E-state index in [2.05, 4.69) is 40.3 Å². The van der Waals surface area contributed by atoms with Crippen molar-refractivity contribution in [3.05, 3.63) is 54.4 Å². The van der Waals surface area contributed by atoms with E-state index in [9.17, 15) is 4.79 Å².